The van der Waals surface area contributed by atoms with Crippen LogP contribution >= 0.6 is 23.1 Å². The van der Waals surface area contributed by atoms with Gasteiger partial charge in [-0.1, -0.05) is 30.3 Å². The number of fused-ring (bicyclic) bond motifs is 3. The molecule has 5 rings (SSSR count). The third-order valence-corrected chi connectivity index (χ3v) is 7.69. The van der Waals surface area contributed by atoms with E-state index in [1.165, 1.54) is 22.2 Å². The van der Waals surface area contributed by atoms with Gasteiger partial charge in [-0.25, -0.2) is 9.97 Å². The number of H-pyrrole nitrogens is 2. The number of benzene rings is 1. The maximum atomic E-state index is 12.5. The summed E-state index contributed by atoms with van der Waals surface area (Å²) >= 11 is 3.06. The monoisotopic (exact) mass is 465 g/mol. The number of hydrogen-bond acceptors (Lipinski definition) is 6. The summed E-state index contributed by atoms with van der Waals surface area (Å²) in [5, 5.41) is 3.73. The van der Waals surface area contributed by atoms with E-state index in [4.69, 9.17) is 0 Å². The van der Waals surface area contributed by atoms with Crippen molar-refractivity contribution in [3.05, 3.63) is 69.0 Å². The summed E-state index contributed by atoms with van der Waals surface area (Å²) in [6, 6.07) is 9.71. The summed E-state index contributed by atoms with van der Waals surface area (Å²) in [6.07, 6.45) is 4.91. The lowest BCUT2D eigenvalue weighted by atomic mass is 10.2. The van der Waals surface area contributed by atoms with Crippen LogP contribution in [0.3, 0.4) is 0 Å². The molecule has 3 heterocycles. The van der Waals surface area contributed by atoms with Crippen LogP contribution in [-0.4, -0.2) is 31.6 Å². The minimum absolute atomic E-state index is 0.0601. The quantitative estimate of drug-likeness (QED) is 0.383. The molecule has 1 aromatic carbocycles. The summed E-state index contributed by atoms with van der Waals surface area (Å²) in [5.74, 6) is 2.00. The number of hydrogen-bond donors (Lipinski definition) is 3. The molecule has 3 N–H and O–H groups in total. The number of nitrogens with one attached hydrogen (secondary N) is 3. The number of rotatable bonds is 7. The summed E-state index contributed by atoms with van der Waals surface area (Å²) < 4.78 is 0. The van der Waals surface area contributed by atoms with E-state index in [0.29, 0.717) is 17.4 Å². The number of nitrogens with zero attached hydrogens (tertiary/aromatic N) is 2. The Morgan fingerprint density at radius 2 is 2.09 bits per heavy atom. The first-order valence-electron chi connectivity index (χ1n) is 10.6. The number of carbonyl (C=O) groups excluding carboxylic acids is 1. The first kappa shape index (κ1) is 21.0. The molecule has 0 saturated heterocycles. The molecule has 7 nitrogen and oxygen atoms in total. The second kappa shape index (κ2) is 8.91. The average Bonchev–Trinajstić information content (AvgIpc) is 3.50. The van der Waals surface area contributed by atoms with E-state index in [1.807, 2.05) is 37.3 Å². The molecule has 0 aliphatic heterocycles. The van der Waals surface area contributed by atoms with Gasteiger partial charge in [0.05, 0.1) is 34.8 Å². The molecule has 0 spiro atoms. The smallest absolute Gasteiger partial charge is 0.259 e. The summed E-state index contributed by atoms with van der Waals surface area (Å²) in [5.41, 5.74) is 3.09. The van der Waals surface area contributed by atoms with Crippen LogP contribution in [0.2, 0.25) is 0 Å². The number of thioether (sulfide) groups is 1. The maximum Gasteiger partial charge on any atom is 0.259 e. The maximum absolute atomic E-state index is 12.5. The van der Waals surface area contributed by atoms with E-state index in [2.05, 4.69) is 25.3 Å². The normalized spacial score (nSPS) is 13.9. The Hall–Kier alpha value is -2.91. The Bertz CT molecular complexity index is 1330. The molecule has 4 aromatic rings. The second-order valence-corrected chi connectivity index (χ2v) is 9.95. The first-order valence-corrected chi connectivity index (χ1v) is 12.6. The van der Waals surface area contributed by atoms with Gasteiger partial charge in [0.15, 0.2) is 0 Å². The summed E-state index contributed by atoms with van der Waals surface area (Å²) in [4.78, 5) is 42.3. The third kappa shape index (κ3) is 4.22. The SMILES string of the molecule is CC(NC(=O)CSCc1nc2sc3c(c2c(=O)[nH]1)CCC3)c1ncc(-c2ccccc2)[nH]1. The van der Waals surface area contributed by atoms with Crippen molar-refractivity contribution in [1.29, 1.82) is 0 Å². The van der Waals surface area contributed by atoms with Crippen molar-refractivity contribution in [3.63, 3.8) is 0 Å². The summed E-state index contributed by atoms with van der Waals surface area (Å²) in [6.45, 7) is 1.90. The van der Waals surface area contributed by atoms with E-state index in [9.17, 15) is 9.59 Å². The molecular formula is C23H23N5O2S2. The van der Waals surface area contributed by atoms with Crippen molar-refractivity contribution in [3.8, 4) is 11.3 Å². The van der Waals surface area contributed by atoms with Gasteiger partial charge in [-0.3, -0.25) is 9.59 Å². The van der Waals surface area contributed by atoms with Crippen LogP contribution in [-0.2, 0) is 23.4 Å². The van der Waals surface area contributed by atoms with Crippen molar-refractivity contribution in [2.24, 2.45) is 0 Å². The van der Waals surface area contributed by atoms with Crippen LogP contribution in [0.1, 0.15) is 41.5 Å². The predicted octanol–water partition coefficient (Wildman–Crippen LogP) is 3.97. The van der Waals surface area contributed by atoms with Gasteiger partial charge >= 0.3 is 0 Å². The first-order chi connectivity index (χ1) is 15.6. The zero-order chi connectivity index (χ0) is 22.1. The minimum atomic E-state index is -0.233. The van der Waals surface area contributed by atoms with Gasteiger partial charge in [0.25, 0.3) is 5.56 Å². The number of amides is 1. The fourth-order valence-electron chi connectivity index (χ4n) is 4.03. The van der Waals surface area contributed by atoms with Gasteiger partial charge in [-0.15, -0.1) is 23.1 Å². The van der Waals surface area contributed by atoms with Crippen LogP contribution in [0.25, 0.3) is 21.5 Å². The van der Waals surface area contributed by atoms with Gasteiger partial charge in [0.2, 0.25) is 5.91 Å². The van der Waals surface area contributed by atoms with E-state index < -0.39 is 0 Å². The standard InChI is InChI=1S/C23H23N5O2S2/c1-13(21-24-10-16(26-21)14-6-3-2-4-7-14)25-19(29)12-31-11-18-27-22(30)20-15-8-5-9-17(15)32-23(20)28-18/h2-4,6-7,10,13H,5,8-9,11-12H2,1H3,(H,24,26)(H,25,29)(H,27,28,30). The fourth-order valence-corrected chi connectivity index (χ4v) is 6.01. The van der Waals surface area contributed by atoms with Crippen LogP contribution < -0.4 is 10.9 Å². The van der Waals surface area contributed by atoms with Gasteiger partial charge in [0.1, 0.15) is 16.5 Å². The molecule has 0 bridgehead atoms. The fraction of sp³-hybridized carbons (Fsp3) is 0.304. The highest BCUT2D eigenvalue weighted by Crippen LogP contribution is 2.34. The van der Waals surface area contributed by atoms with Gasteiger partial charge in [-0.2, -0.15) is 0 Å². The topological polar surface area (TPSA) is 104 Å². The minimum Gasteiger partial charge on any atom is -0.346 e. The molecule has 1 unspecified atom stereocenters. The number of aromatic amines is 2. The van der Waals surface area contributed by atoms with Crippen molar-refractivity contribution < 1.29 is 4.79 Å². The Labute approximate surface area is 193 Å². The molecule has 1 aliphatic carbocycles. The Morgan fingerprint density at radius 1 is 1.25 bits per heavy atom. The summed E-state index contributed by atoms with van der Waals surface area (Å²) in [7, 11) is 0. The lowest BCUT2D eigenvalue weighted by Crippen LogP contribution is -2.29. The molecule has 0 fully saturated rings. The van der Waals surface area contributed by atoms with Crippen molar-refractivity contribution in [2.45, 2.75) is 38.0 Å². The molecule has 9 heteroatoms. The van der Waals surface area contributed by atoms with Gasteiger partial charge in [0, 0.05) is 4.88 Å². The molecule has 164 valence electrons. The lowest BCUT2D eigenvalue weighted by Gasteiger charge is -2.11. The Morgan fingerprint density at radius 3 is 2.94 bits per heavy atom. The average molecular weight is 466 g/mol. The number of aromatic nitrogens is 4. The number of carbonyl (C=O) groups is 1. The number of aryl methyl sites for hydroxylation is 2. The molecule has 1 amide bonds. The van der Waals surface area contributed by atoms with E-state index >= 15 is 0 Å². The largest absolute Gasteiger partial charge is 0.346 e. The van der Waals surface area contributed by atoms with E-state index in [1.54, 1.807) is 17.5 Å². The number of imidazole rings is 1. The van der Waals surface area contributed by atoms with E-state index in [-0.39, 0.29) is 23.3 Å². The molecule has 3 aromatic heterocycles. The molecule has 0 radical (unpaired) electrons. The van der Waals surface area contributed by atoms with Gasteiger partial charge in [-0.05, 0) is 37.3 Å². The molecule has 1 aliphatic rings. The molecule has 0 saturated carbocycles. The Kier molecular flexibility index (Phi) is 5.84. The van der Waals surface area contributed by atoms with E-state index in [0.717, 1.165) is 40.7 Å². The van der Waals surface area contributed by atoms with Crippen LogP contribution in [0.15, 0.2) is 41.3 Å². The highest BCUT2D eigenvalue weighted by molar-refractivity contribution is 7.99. The zero-order valence-electron chi connectivity index (χ0n) is 17.6. The van der Waals surface area contributed by atoms with Crippen molar-refractivity contribution in [1.82, 2.24) is 25.3 Å². The van der Waals surface area contributed by atoms with Crippen LogP contribution in [0, 0.1) is 0 Å². The zero-order valence-corrected chi connectivity index (χ0v) is 19.2. The van der Waals surface area contributed by atoms with Crippen molar-refractivity contribution in [2.75, 3.05) is 5.75 Å². The van der Waals surface area contributed by atoms with Crippen molar-refractivity contribution >= 4 is 39.2 Å². The highest BCUT2D eigenvalue weighted by Gasteiger charge is 2.21. The van der Waals surface area contributed by atoms with Gasteiger partial charge < -0.3 is 15.3 Å². The molecule has 32 heavy (non-hydrogen) atoms. The molecule has 1 atom stereocenters. The van der Waals surface area contributed by atoms with Crippen LogP contribution in [0.5, 0.6) is 0 Å². The second-order valence-electron chi connectivity index (χ2n) is 7.88. The molecular weight excluding hydrogens is 442 g/mol. The Balaban J connectivity index is 1.16. The number of thiophene rings is 1. The lowest BCUT2D eigenvalue weighted by molar-refractivity contribution is -0.119. The third-order valence-electron chi connectivity index (χ3n) is 5.56. The van der Waals surface area contributed by atoms with Crippen LogP contribution in [0.4, 0.5) is 0 Å². The predicted molar refractivity (Wildman–Crippen MR) is 129 cm³/mol. The highest BCUT2D eigenvalue weighted by atomic mass is 32.2.